The van der Waals surface area contributed by atoms with Gasteiger partial charge in [0.15, 0.2) is 0 Å². The number of hydrogen-bond acceptors (Lipinski definition) is 2. The Bertz CT molecular complexity index is 569. The summed E-state index contributed by atoms with van der Waals surface area (Å²) in [6.07, 6.45) is 2.05. The molecule has 0 aliphatic rings. The average Bonchev–Trinajstić information content (AvgIpc) is 2.54. The molecule has 0 unspecified atom stereocenters. The molecule has 0 saturated heterocycles. The van der Waals surface area contributed by atoms with Gasteiger partial charge in [0.1, 0.15) is 0 Å². The molecule has 3 nitrogen and oxygen atoms in total. The minimum Gasteiger partial charge on any atom is -0.334 e. The van der Waals surface area contributed by atoms with Gasteiger partial charge in [0.2, 0.25) is 0 Å². The van der Waals surface area contributed by atoms with E-state index in [1.807, 2.05) is 55.6 Å². The molecule has 0 aliphatic carbocycles. The molecule has 1 atom stereocenters. The smallest absolute Gasteiger partial charge is 0.315 e. The maximum atomic E-state index is 11.9. The summed E-state index contributed by atoms with van der Waals surface area (Å²) in [5.74, 6) is 0. The molecule has 0 fully saturated rings. The highest BCUT2D eigenvalue weighted by Crippen LogP contribution is 2.18. The van der Waals surface area contributed by atoms with Crippen molar-refractivity contribution in [3.8, 4) is 0 Å². The highest BCUT2D eigenvalue weighted by atomic mass is 32.2. The van der Waals surface area contributed by atoms with Gasteiger partial charge in [-0.15, -0.1) is 11.8 Å². The van der Waals surface area contributed by atoms with E-state index >= 15 is 0 Å². The Labute approximate surface area is 130 Å². The van der Waals surface area contributed by atoms with Gasteiger partial charge < -0.3 is 10.6 Å². The summed E-state index contributed by atoms with van der Waals surface area (Å²) in [4.78, 5) is 13.1. The monoisotopic (exact) mass is 300 g/mol. The van der Waals surface area contributed by atoms with Gasteiger partial charge in [-0.3, -0.25) is 0 Å². The molecule has 0 aliphatic heterocycles. The molecule has 2 aromatic rings. The molecule has 0 bridgehead atoms. The molecule has 110 valence electrons. The predicted molar refractivity (Wildman–Crippen MR) is 88.5 cm³/mol. The SMILES string of the molecule is CSc1ccc([C@@H](C)NC(=O)NCc2ccccc2)cc1. The first-order chi connectivity index (χ1) is 10.2. The van der Waals surface area contributed by atoms with Gasteiger partial charge in [-0.25, -0.2) is 4.79 Å². The number of carbonyl (C=O) groups is 1. The van der Waals surface area contributed by atoms with Gasteiger partial charge >= 0.3 is 6.03 Å². The first-order valence-electron chi connectivity index (χ1n) is 6.91. The normalized spacial score (nSPS) is 11.7. The minimum absolute atomic E-state index is 0.0170. The van der Waals surface area contributed by atoms with Gasteiger partial charge in [0.05, 0.1) is 6.04 Å². The van der Waals surface area contributed by atoms with Crippen molar-refractivity contribution in [2.75, 3.05) is 6.26 Å². The zero-order chi connectivity index (χ0) is 15.1. The summed E-state index contributed by atoms with van der Waals surface area (Å²) in [7, 11) is 0. The molecule has 0 spiro atoms. The quantitative estimate of drug-likeness (QED) is 0.820. The van der Waals surface area contributed by atoms with Crippen LogP contribution in [0.2, 0.25) is 0 Å². The number of urea groups is 1. The second-order valence-electron chi connectivity index (χ2n) is 4.81. The number of benzene rings is 2. The second kappa shape index (κ2) is 7.74. The first-order valence-corrected chi connectivity index (χ1v) is 8.14. The topological polar surface area (TPSA) is 41.1 Å². The van der Waals surface area contributed by atoms with Crippen LogP contribution in [0.5, 0.6) is 0 Å². The maximum Gasteiger partial charge on any atom is 0.315 e. The fraction of sp³-hybridized carbons (Fsp3) is 0.235. The van der Waals surface area contributed by atoms with Crippen LogP contribution in [0, 0.1) is 0 Å². The lowest BCUT2D eigenvalue weighted by Crippen LogP contribution is -2.36. The van der Waals surface area contributed by atoms with Crippen molar-refractivity contribution in [2.45, 2.75) is 24.4 Å². The van der Waals surface area contributed by atoms with Gasteiger partial charge in [0.25, 0.3) is 0 Å². The van der Waals surface area contributed by atoms with Crippen LogP contribution in [0.15, 0.2) is 59.5 Å². The Balaban J connectivity index is 1.83. The van der Waals surface area contributed by atoms with Crippen LogP contribution in [0.25, 0.3) is 0 Å². The first kappa shape index (κ1) is 15.4. The number of hydrogen-bond donors (Lipinski definition) is 2. The van der Waals surface area contributed by atoms with Crippen molar-refractivity contribution >= 4 is 17.8 Å². The van der Waals surface area contributed by atoms with Crippen molar-refractivity contribution in [2.24, 2.45) is 0 Å². The molecule has 2 N–H and O–H groups in total. The third-order valence-electron chi connectivity index (χ3n) is 3.26. The Morgan fingerprint density at radius 2 is 1.76 bits per heavy atom. The lowest BCUT2D eigenvalue weighted by atomic mass is 10.1. The molecule has 2 amide bonds. The fourth-order valence-corrected chi connectivity index (χ4v) is 2.41. The van der Waals surface area contributed by atoms with Crippen LogP contribution in [-0.2, 0) is 6.54 Å². The Morgan fingerprint density at radius 1 is 1.10 bits per heavy atom. The Hall–Kier alpha value is -1.94. The van der Waals surface area contributed by atoms with Crippen molar-refractivity contribution < 1.29 is 4.79 Å². The van der Waals surface area contributed by atoms with Crippen LogP contribution >= 0.6 is 11.8 Å². The van der Waals surface area contributed by atoms with Crippen molar-refractivity contribution in [3.63, 3.8) is 0 Å². The zero-order valence-corrected chi connectivity index (χ0v) is 13.1. The van der Waals surface area contributed by atoms with E-state index in [-0.39, 0.29) is 12.1 Å². The molecule has 0 saturated carbocycles. The van der Waals surface area contributed by atoms with Crippen molar-refractivity contribution in [1.82, 2.24) is 10.6 Å². The third kappa shape index (κ3) is 4.83. The highest BCUT2D eigenvalue weighted by Gasteiger charge is 2.08. The fourth-order valence-electron chi connectivity index (χ4n) is 2.00. The van der Waals surface area contributed by atoms with E-state index in [4.69, 9.17) is 0 Å². The summed E-state index contributed by atoms with van der Waals surface area (Å²) in [6, 6.07) is 17.9. The van der Waals surface area contributed by atoms with Crippen LogP contribution in [-0.4, -0.2) is 12.3 Å². The summed E-state index contributed by atoms with van der Waals surface area (Å²) >= 11 is 1.71. The molecule has 0 aromatic heterocycles. The van der Waals surface area contributed by atoms with Crippen LogP contribution < -0.4 is 10.6 Å². The molecular weight excluding hydrogens is 280 g/mol. The zero-order valence-electron chi connectivity index (χ0n) is 12.3. The summed E-state index contributed by atoms with van der Waals surface area (Å²) in [5.41, 5.74) is 2.19. The lowest BCUT2D eigenvalue weighted by Gasteiger charge is -2.15. The minimum atomic E-state index is -0.153. The maximum absolute atomic E-state index is 11.9. The van der Waals surface area contributed by atoms with E-state index in [2.05, 4.69) is 22.8 Å². The third-order valence-corrected chi connectivity index (χ3v) is 4.00. The molecule has 21 heavy (non-hydrogen) atoms. The van der Waals surface area contributed by atoms with E-state index in [1.165, 1.54) is 4.90 Å². The number of carbonyl (C=O) groups excluding carboxylic acids is 1. The summed E-state index contributed by atoms with van der Waals surface area (Å²) < 4.78 is 0. The Morgan fingerprint density at radius 3 is 2.38 bits per heavy atom. The standard InChI is InChI=1S/C17H20N2OS/c1-13(15-8-10-16(21-2)11-9-15)19-17(20)18-12-14-6-4-3-5-7-14/h3-11,13H,12H2,1-2H3,(H2,18,19,20)/t13-/m1/s1. The van der Waals surface area contributed by atoms with E-state index in [9.17, 15) is 4.79 Å². The molecule has 0 heterocycles. The van der Waals surface area contributed by atoms with Crippen LogP contribution in [0.4, 0.5) is 4.79 Å². The predicted octanol–water partition coefficient (Wildman–Crippen LogP) is 3.97. The molecule has 2 rings (SSSR count). The largest absolute Gasteiger partial charge is 0.334 e. The van der Waals surface area contributed by atoms with E-state index in [0.29, 0.717) is 6.54 Å². The van der Waals surface area contributed by atoms with Crippen molar-refractivity contribution in [1.29, 1.82) is 0 Å². The average molecular weight is 300 g/mol. The molecule has 4 heteroatoms. The van der Waals surface area contributed by atoms with Gasteiger partial charge in [0, 0.05) is 11.4 Å². The number of rotatable bonds is 5. The molecule has 0 radical (unpaired) electrons. The Kier molecular flexibility index (Phi) is 5.69. The highest BCUT2D eigenvalue weighted by molar-refractivity contribution is 7.98. The lowest BCUT2D eigenvalue weighted by molar-refractivity contribution is 0.237. The number of thioether (sulfide) groups is 1. The van der Waals surface area contributed by atoms with Gasteiger partial charge in [-0.1, -0.05) is 42.5 Å². The van der Waals surface area contributed by atoms with Gasteiger partial charge in [-0.05, 0) is 36.4 Å². The molecular formula is C17H20N2OS. The van der Waals surface area contributed by atoms with Crippen molar-refractivity contribution in [3.05, 3.63) is 65.7 Å². The van der Waals surface area contributed by atoms with E-state index in [1.54, 1.807) is 11.8 Å². The number of nitrogens with one attached hydrogen (secondary N) is 2. The summed E-state index contributed by atoms with van der Waals surface area (Å²) in [6.45, 7) is 2.51. The van der Waals surface area contributed by atoms with E-state index < -0.39 is 0 Å². The van der Waals surface area contributed by atoms with E-state index in [0.717, 1.165) is 11.1 Å². The van der Waals surface area contributed by atoms with Crippen LogP contribution in [0.3, 0.4) is 0 Å². The number of amides is 2. The van der Waals surface area contributed by atoms with Gasteiger partial charge in [-0.2, -0.15) is 0 Å². The summed E-state index contributed by atoms with van der Waals surface area (Å²) in [5, 5.41) is 5.82. The molecule has 2 aromatic carbocycles. The second-order valence-corrected chi connectivity index (χ2v) is 5.69. The van der Waals surface area contributed by atoms with Crippen LogP contribution in [0.1, 0.15) is 24.1 Å².